The summed E-state index contributed by atoms with van der Waals surface area (Å²) in [7, 11) is 0. The fourth-order valence-electron chi connectivity index (χ4n) is 3.31. The molecular formula is C23H26O4. The highest BCUT2D eigenvalue weighted by Gasteiger charge is 2.31. The molecule has 0 unspecified atom stereocenters. The average molecular weight is 366 g/mol. The van der Waals surface area contributed by atoms with E-state index >= 15 is 0 Å². The first-order valence-electron chi connectivity index (χ1n) is 8.90. The number of carbonyl (C=O) groups is 1. The second-order valence-corrected chi connectivity index (χ2v) is 6.90. The zero-order valence-corrected chi connectivity index (χ0v) is 15.6. The normalized spacial score (nSPS) is 11.1. The molecule has 27 heavy (non-hydrogen) atoms. The van der Waals surface area contributed by atoms with E-state index in [0.717, 1.165) is 22.3 Å². The van der Waals surface area contributed by atoms with Gasteiger partial charge in [-0.05, 0) is 53.6 Å². The number of carboxylic acids is 1. The number of hydrogen-bond donors (Lipinski definition) is 3. The third-order valence-electron chi connectivity index (χ3n) is 5.00. The van der Waals surface area contributed by atoms with Gasteiger partial charge in [0.2, 0.25) is 0 Å². The first-order chi connectivity index (χ1) is 12.8. The van der Waals surface area contributed by atoms with Gasteiger partial charge in [0.05, 0.1) is 0 Å². The number of phenolic OH excluding ortho intramolecular Hbond substituents is 2. The van der Waals surface area contributed by atoms with Crippen LogP contribution in [0, 0.1) is 0 Å². The molecule has 0 spiro atoms. The van der Waals surface area contributed by atoms with Gasteiger partial charge >= 0.3 is 5.97 Å². The second-order valence-electron chi connectivity index (χ2n) is 6.90. The SMILES string of the molecule is C=CCc1cc(C(C)(CCC(=O)O)c2ccc(O)c(CC=C)c2)ccc1O. The lowest BCUT2D eigenvalue weighted by molar-refractivity contribution is -0.137. The third-order valence-corrected chi connectivity index (χ3v) is 5.00. The van der Waals surface area contributed by atoms with Crippen molar-refractivity contribution < 1.29 is 20.1 Å². The highest BCUT2D eigenvalue weighted by atomic mass is 16.4. The minimum atomic E-state index is -0.864. The van der Waals surface area contributed by atoms with E-state index in [4.69, 9.17) is 0 Å². The van der Waals surface area contributed by atoms with E-state index in [9.17, 15) is 20.1 Å². The molecule has 2 rings (SSSR count). The van der Waals surface area contributed by atoms with E-state index in [0.29, 0.717) is 19.3 Å². The Morgan fingerprint density at radius 3 is 1.78 bits per heavy atom. The van der Waals surface area contributed by atoms with E-state index in [1.165, 1.54) is 0 Å². The van der Waals surface area contributed by atoms with Crippen LogP contribution in [0.5, 0.6) is 11.5 Å². The molecule has 0 radical (unpaired) electrons. The van der Waals surface area contributed by atoms with Crippen LogP contribution < -0.4 is 0 Å². The second kappa shape index (κ2) is 8.58. The van der Waals surface area contributed by atoms with Crippen LogP contribution >= 0.6 is 0 Å². The molecule has 0 aliphatic carbocycles. The van der Waals surface area contributed by atoms with Crippen LogP contribution in [0.25, 0.3) is 0 Å². The Balaban J connectivity index is 2.60. The number of rotatable bonds is 9. The molecule has 2 aromatic carbocycles. The van der Waals surface area contributed by atoms with Gasteiger partial charge in [0.15, 0.2) is 0 Å². The lowest BCUT2D eigenvalue weighted by Gasteiger charge is -2.32. The van der Waals surface area contributed by atoms with Crippen molar-refractivity contribution in [2.45, 2.75) is 38.0 Å². The maximum Gasteiger partial charge on any atom is 0.303 e. The Bertz CT molecular complexity index is 792. The molecule has 142 valence electrons. The molecule has 0 fully saturated rings. The summed E-state index contributed by atoms with van der Waals surface area (Å²) in [4.78, 5) is 11.2. The Labute approximate surface area is 160 Å². The zero-order valence-electron chi connectivity index (χ0n) is 15.6. The van der Waals surface area contributed by atoms with Crippen LogP contribution in [0.2, 0.25) is 0 Å². The third kappa shape index (κ3) is 4.59. The van der Waals surface area contributed by atoms with Crippen LogP contribution in [0.1, 0.15) is 42.0 Å². The summed E-state index contributed by atoms with van der Waals surface area (Å²) in [6.07, 6.45) is 4.87. The maximum atomic E-state index is 11.2. The van der Waals surface area contributed by atoms with Gasteiger partial charge < -0.3 is 15.3 Å². The van der Waals surface area contributed by atoms with Crippen LogP contribution in [0.15, 0.2) is 61.7 Å². The summed E-state index contributed by atoms with van der Waals surface area (Å²) in [6.45, 7) is 9.43. The van der Waals surface area contributed by atoms with Gasteiger partial charge in [-0.3, -0.25) is 4.79 Å². The summed E-state index contributed by atoms with van der Waals surface area (Å²) in [5.41, 5.74) is 2.72. The fraction of sp³-hybridized carbons (Fsp3) is 0.261. The lowest BCUT2D eigenvalue weighted by atomic mass is 9.72. The van der Waals surface area contributed by atoms with E-state index in [1.54, 1.807) is 24.3 Å². The van der Waals surface area contributed by atoms with Crippen molar-refractivity contribution in [3.8, 4) is 11.5 Å². The molecule has 0 aromatic heterocycles. The summed E-state index contributed by atoms with van der Waals surface area (Å²) in [5.74, 6) is -0.481. The molecule has 0 amide bonds. The smallest absolute Gasteiger partial charge is 0.303 e. The van der Waals surface area contributed by atoms with Crippen LogP contribution in [0.3, 0.4) is 0 Å². The average Bonchev–Trinajstić information content (AvgIpc) is 2.63. The minimum absolute atomic E-state index is 0.00579. The van der Waals surface area contributed by atoms with Crippen molar-refractivity contribution in [2.75, 3.05) is 0 Å². The highest BCUT2D eigenvalue weighted by Crippen LogP contribution is 2.39. The Kier molecular flexibility index (Phi) is 6.45. The Morgan fingerprint density at radius 1 is 0.963 bits per heavy atom. The van der Waals surface area contributed by atoms with Crippen molar-refractivity contribution in [1.29, 1.82) is 0 Å². The summed E-state index contributed by atoms with van der Waals surface area (Å²) in [6, 6.07) is 10.7. The van der Waals surface area contributed by atoms with Crippen molar-refractivity contribution in [3.05, 3.63) is 84.0 Å². The number of hydrogen-bond acceptors (Lipinski definition) is 3. The maximum absolute atomic E-state index is 11.2. The predicted octanol–water partition coefficient (Wildman–Crippen LogP) is 4.73. The standard InChI is InChI=1S/C23H26O4/c1-4-6-16-14-18(8-10-20(16)24)23(3,13-12-22(26)27)19-9-11-21(25)17(15-19)7-5-2/h4-5,8-11,14-15,24-25H,1-2,6-7,12-13H2,3H3,(H,26,27). The number of phenols is 2. The molecule has 0 aliphatic heterocycles. The predicted molar refractivity (Wildman–Crippen MR) is 107 cm³/mol. The molecule has 4 nitrogen and oxygen atoms in total. The largest absolute Gasteiger partial charge is 0.508 e. The van der Waals surface area contributed by atoms with Crippen molar-refractivity contribution in [3.63, 3.8) is 0 Å². The number of aromatic hydroxyl groups is 2. The summed E-state index contributed by atoms with van der Waals surface area (Å²) >= 11 is 0. The Morgan fingerprint density at radius 2 is 1.41 bits per heavy atom. The number of benzene rings is 2. The first-order valence-corrected chi connectivity index (χ1v) is 8.90. The molecule has 0 saturated heterocycles. The molecule has 0 aliphatic rings. The number of allylic oxidation sites excluding steroid dienone is 2. The first kappa shape index (κ1) is 20.3. The Hall–Kier alpha value is -3.01. The van der Waals surface area contributed by atoms with E-state index in [-0.39, 0.29) is 17.9 Å². The van der Waals surface area contributed by atoms with E-state index in [2.05, 4.69) is 13.2 Å². The van der Waals surface area contributed by atoms with Gasteiger partial charge in [-0.1, -0.05) is 43.3 Å². The molecule has 3 N–H and O–H groups in total. The molecule has 0 saturated carbocycles. The number of aliphatic carboxylic acids is 1. The zero-order chi connectivity index (χ0) is 20.0. The quantitative estimate of drug-likeness (QED) is 0.561. The van der Waals surface area contributed by atoms with Gasteiger partial charge in [-0.15, -0.1) is 13.2 Å². The molecule has 0 bridgehead atoms. The highest BCUT2D eigenvalue weighted by molar-refractivity contribution is 5.67. The molecular weight excluding hydrogens is 340 g/mol. The van der Waals surface area contributed by atoms with E-state index in [1.807, 2.05) is 31.2 Å². The monoisotopic (exact) mass is 366 g/mol. The van der Waals surface area contributed by atoms with Gasteiger partial charge in [0.1, 0.15) is 11.5 Å². The molecule has 0 atom stereocenters. The summed E-state index contributed by atoms with van der Waals surface area (Å²) in [5, 5.41) is 29.4. The van der Waals surface area contributed by atoms with E-state index < -0.39 is 11.4 Å². The fourth-order valence-corrected chi connectivity index (χ4v) is 3.31. The van der Waals surface area contributed by atoms with Crippen molar-refractivity contribution in [2.24, 2.45) is 0 Å². The molecule has 2 aromatic rings. The van der Waals surface area contributed by atoms with Crippen LogP contribution in [0.4, 0.5) is 0 Å². The molecule has 4 heteroatoms. The lowest BCUT2D eigenvalue weighted by Crippen LogP contribution is -2.25. The summed E-state index contributed by atoms with van der Waals surface area (Å²) < 4.78 is 0. The van der Waals surface area contributed by atoms with Crippen molar-refractivity contribution >= 4 is 5.97 Å². The molecule has 0 heterocycles. The number of carboxylic acid groups (broad SMARTS) is 1. The van der Waals surface area contributed by atoms with Gasteiger partial charge in [-0.2, -0.15) is 0 Å². The minimum Gasteiger partial charge on any atom is -0.508 e. The van der Waals surface area contributed by atoms with Gasteiger partial charge in [0, 0.05) is 11.8 Å². The van der Waals surface area contributed by atoms with Crippen LogP contribution in [-0.2, 0) is 23.1 Å². The van der Waals surface area contributed by atoms with Gasteiger partial charge in [0.25, 0.3) is 0 Å². The van der Waals surface area contributed by atoms with Crippen molar-refractivity contribution in [1.82, 2.24) is 0 Å². The van der Waals surface area contributed by atoms with Crippen LogP contribution in [-0.4, -0.2) is 21.3 Å². The topological polar surface area (TPSA) is 77.8 Å². The van der Waals surface area contributed by atoms with Gasteiger partial charge in [-0.25, -0.2) is 0 Å².